The van der Waals surface area contributed by atoms with Crippen molar-refractivity contribution in [3.63, 3.8) is 0 Å². The molecule has 17 heavy (non-hydrogen) atoms. The third-order valence-electron chi connectivity index (χ3n) is 2.02. The lowest BCUT2D eigenvalue weighted by Gasteiger charge is -2.07. The molecule has 0 aliphatic rings. The minimum atomic E-state index is -4.30. The fraction of sp³-hybridized carbons (Fsp3) is 0.333. The van der Waals surface area contributed by atoms with E-state index < -0.39 is 11.7 Å². The van der Waals surface area contributed by atoms with Crippen molar-refractivity contribution in [2.45, 2.75) is 6.18 Å². The summed E-state index contributed by atoms with van der Waals surface area (Å²) in [5.41, 5.74) is -0.671. The highest BCUT2D eigenvalue weighted by molar-refractivity contribution is 5.28. The zero-order chi connectivity index (χ0) is 12.7. The molecule has 0 amide bonds. The van der Waals surface area contributed by atoms with E-state index >= 15 is 0 Å². The molecule has 0 aliphatic carbocycles. The van der Waals surface area contributed by atoms with Crippen LogP contribution in [0.2, 0.25) is 0 Å². The standard InChI is InChI=1S/C12H14F3NO/c1-16-8-2-3-9-17-11-6-4-10(5-7-11)12(13,14)15/h2-7,16H,8-9H2,1H3/b3-2+. The monoisotopic (exact) mass is 245 g/mol. The first-order valence-corrected chi connectivity index (χ1v) is 5.13. The van der Waals surface area contributed by atoms with Gasteiger partial charge in [0.2, 0.25) is 0 Å². The molecule has 1 aromatic carbocycles. The molecule has 0 spiro atoms. The van der Waals surface area contributed by atoms with Crippen LogP contribution in [0, 0.1) is 0 Å². The van der Waals surface area contributed by atoms with Crippen LogP contribution in [-0.2, 0) is 6.18 Å². The van der Waals surface area contributed by atoms with Gasteiger partial charge in [-0.05, 0) is 31.3 Å². The second-order valence-electron chi connectivity index (χ2n) is 3.36. The lowest BCUT2D eigenvalue weighted by molar-refractivity contribution is -0.137. The summed E-state index contributed by atoms with van der Waals surface area (Å²) in [6.07, 6.45) is -0.622. The van der Waals surface area contributed by atoms with Gasteiger partial charge in [-0.1, -0.05) is 12.2 Å². The maximum Gasteiger partial charge on any atom is 0.416 e. The minimum absolute atomic E-state index is 0.340. The summed E-state index contributed by atoms with van der Waals surface area (Å²) < 4.78 is 42.0. The number of likely N-dealkylation sites (N-methyl/N-ethyl adjacent to an activating group) is 1. The minimum Gasteiger partial charge on any atom is -0.490 e. The third-order valence-corrected chi connectivity index (χ3v) is 2.02. The van der Waals surface area contributed by atoms with Crippen LogP contribution in [0.15, 0.2) is 36.4 Å². The average molecular weight is 245 g/mol. The predicted molar refractivity (Wildman–Crippen MR) is 60.0 cm³/mol. The summed E-state index contributed by atoms with van der Waals surface area (Å²) in [6.45, 7) is 1.07. The molecule has 0 bridgehead atoms. The Kier molecular flexibility index (Phi) is 5.03. The highest BCUT2D eigenvalue weighted by atomic mass is 19.4. The molecule has 0 aliphatic heterocycles. The fourth-order valence-electron chi connectivity index (χ4n) is 1.15. The zero-order valence-corrected chi connectivity index (χ0v) is 9.42. The van der Waals surface area contributed by atoms with Crippen molar-refractivity contribution in [1.82, 2.24) is 5.32 Å². The van der Waals surface area contributed by atoms with Crippen molar-refractivity contribution in [1.29, 1.82) is 0 Å². The maximum absolute atomic E-state index is 12.3. The molecule has 0 heterocycles. The molecule has 1 rings (SSSR count). The van der Waals surface area contributed by atoms with E-state index in [9.17, 15) is 13.2 Å². The van der Waals surface area contributed by atoms with Gasteiger partial charge in [0.1, 0.15) is 12.4 Å². The lowest BCUT2D eigenvalue weighted by Crippen LogP contribution is -2.05. The van der Waals surface area contributed by atoms with Crippen molar-refractivity contribution in [2.24, 2.45) is 0 Å². The Bertz CT molecular complexity index is 357. The van der Waals surface area contributed by atoms with Gasteiger partial charge >= 0.3 is 6.18 Å². The maximum atomic E-state index is 12.3. The van der Waals surface area contributed by atoms with Gasteiger partial charge in [0.25, 0.3) is 0 Å². The Labute approximate surface area is 98.1 Å². The van der Waals surface area contributed by atoms with Gasteiger partial charge < -0.3 is 10.1 Å². The van der Waals surface area contributed by atoms with Crippen LogP contribution in [0.4, 0.5) is 13.2 Å². The van der Waals surface area contributed by atoms with Crippen LogP contribution >= 0.6 is 0 Å². The van der Waals surface area contributed by atoms with Crippen molar-refractivity contribution in [3.05, 3.63) is 42.0 Å². The van der Waals surface area contributed by atoms with Crippen LogP contribution in [-0.4, -0.2) is 20.2 Å². The van der Waals surface area contributed by atoms with Crippen LogP contribution < -0.4 is 10.1 Å². The first kappa shape index (κ1) is 13.6. The second kappa shape index (κ2) is 6.30. The number of nitrogens with one attached hydrogen (secondary N) is 1. The molecule has 0 fully saturated rings. The average Bonchev–Trinajstić information content (AvgIpc) is 2.28. The second-order valence-corrected chi connectivity index (χ2v) is 3.36. The number of halogens is 3. The van der Waals surface area contributed by atoms with Crippen molar-refractivity contribution >= 4 is 0 Å². The van der Waals surface area contributed by atoms with Gasteiger partial charge in [0.15, 0.2) is 0 Å². The first-order chi connectivity index (χ1) is 8.04. The van der Waals surface area contributed by atoms with Crippen LogP contribution in [0.25, 0.3) is 0 Å². The van der Waals surface area contributed by atoms with E-state index in [1.165, 1.54) is 12.1 Å². The Morgan fingerprint density at radius 1 is 1.18 bits per heavy atom. The van der Waals surface area contributed by atoms with Gasteiger partial charge in [-0.25, -0.2) is 0 Å². The lowest BCUT2D eigenvalue weighted by atomic mass is 10.2. The van der Waals surface area contributed by atoms with Crippen LogP contribution in [0.3, 0.4) is 0 Å². The molecule has 5 heteroatoms. The molecule has 0 atom stereocenters. The molecular formula is C12H14F3NO. The van der Waals surface area contributed by atoms with E-state index in [1.54, 1.807) is 6.08 Å². The highest BCUT2D eigenvalue weighted by Gasteiger charge is 2.29. The third kappa shape index (κ3) is 4.91. The molecule has 0 saturated carbocycles. The molecule has 0 unspecified atom stereocenters. The van der Waals surface area contributed by atoms with Crippen molar-refractivity contribution in [2.75, 3.05) is 20.2 Å². The number of hydrogen-bond acceptors (Lipinski definition) is 2. The van der Waals surface area contributed by atoms with Crippen LogP contribution in [0.5, 0.6) is 5.75 Å². The van der Waals surface area contributed by atoms with Gasteiger partial charge in [-0.3, -0.25) is 0 Å². The van der Waals surface area contributed by atoms with Crippen molar-refractivity contribution < 1.29 is 17.9 Å². The summed E-state index contributed by atoms with van der Waals surface area (Å²) in [7, 11) is 1.82. The Morgan fingerprint density at radius 2 is 1.82 bits per heavy atom. The normalized spacial score (nSPS) is 12.0. The molecule has 2 nitrogen and oxygen atoms in total. The smallest absolute Gasteiger partial charge is 0.416 e. The van der Waals surface area contributed by atoms with E-state index in [0.29, 0.717) is 12.4 Å². The molecule has 0 radical (unpaired) electrons. The number of hydrogen-bond donors (Lipinski definition) is 1. The molecule has 1 aromatic rings. The van der Waals surface area contributed by atoms with Gasteiger partial charge in [0, 0.05) is 6.54 Å². The molecular weight excluding hydrogens is 231 g/mol. The quantitative estimate of drug-likeness (QED) is 0.805. The topological polar surface area (TPSA) is 21.3 Å². The largest absolute Gasteiger partial charge is 0.490 e. The Morgan fingerprint density at radius 3 is 2.35 bits per heavy atom. The van der Waals surface area contributed by atoms with E-state index in [4.69, 9.17) is 4.74 Å². The SMILES string of the molecule is CNC/C=C/COc1ccc(C(F)(F)F)cc1. The molecule has 0 aromatic heterocycles. The molecule has 1 N–H and O–H groups in total. The summed E-state index contributed by atoms with van der Waals surface area (Å²) in [5, 5.41) is 2.92. The first-order valence-electron chi connectivity index (χ1n) is 5.13. The number of rotatable bonds is 5. The van der Waals surface area contributed by atoms with E-state index in [-0.39, 0.29) is 0 Å². The summed E-state index contributed by atoms with van der Waals surface area (Å²) >= 11 is 0. The van der Waals surface area contributed by atoms with E-state index in [2.05, 4.69) is 5.32 Å². The van der Waals surface area contributed by atoms with Crippen LogP contribution in [0.1, 0.15) is 5.56 Å². The number of ether oxygens (including phenoxy) is 1. The van der Waals surface area contributed by atoms with Gasteiger partial charge in [0.05, 0.1) is 5.56 Å². The van der Waals surface area contributed by atoms with E-state index in [1.807, 2.05) is 13.1 Å². The fourth-order valence-corrected chi connectivity index (χ4v) is 1.15. The van der Waals surface area contributed by atoms with E-state index in [0.717, 1.165) is 18.7 Å². The number of benzene rings is 1. The Balaban J connectivity index is 2.46. The van der Waals surface area contributed by atoms with Gasteiger partial charge in [-0.2, -0.15) is 13.2 Å². The highest BCUT2D eigenvalue weighted by Crippen LogP contribution is 2.30. The van der Waals surface area contributed by atoms with Gasteiger partial charge in [-0.15, -0.1) is 0 Å². The summed E-state index contributed by atoms with van der Waals surface area (Å²) in [5.74, 6) is 0.423. The summed E-state index contributed by atoms with van der Waals surface area (Å²) in [6, 6.07) is 4.64. The molecule has 0 saturated heterocycles. The predicted octanol–water partition coefficient (Wildman–Crippen LogP) is 2.86. The Hall–Kier alpha value is -1.49. The van der Waals surface area contributed by atoms with Crippen molar-refractivity contribution in [3.8, 4) is 5.75 Å². The summed E-state index contributed by atoms with van der Waals surface area (Å²) in [4.78, 5) is 0. The molecule has 94 valence electrons. The number of alkyl halides is 3. The zero-order valence-electron chi connectivity index (χ0n) is 9.42.